The number of aryl methyl sites for hydroxylation is 4. The van der Waals surface area contributed by atoms with Gasteiger partial charge in [-0.25, -0.2) is 0 Å². The highest BCUT2D eigenvalue weighted by molar-refractivity contribution is 8.27. The lowest BCUT2D eigenvalue weighted by Gasteiger charge is -2.17. The van der Waals surface area contributed by atoms with Crippen molar-refractivity contribution < 1.29 is 19.1 Å². The van der Waals surface area contributed by atoms with Gasteiger partial charge in [-0.1, -0.05) is 65.9 Å². The molecule has 1 N–H and O–H groups in total. The predicted molar refractivity (Wildman–Crippen MR) is 155 cm³/mol. The number of nitrogens with zero attached hydrogens (tertiary/aromatic N) is 1. The van der Waals surface area contributed by atoms with Crippen LogP contribution < -0.4 is 19.7 Å². The third-order valence-electron chi connectivity index (χ3n) is 5.98. The van der Waals surface area contributed by atoms with Crippen LogP contribution >= 0.6 is 24.0 Å². The molecule has 3 aromatic carbocycles. The summed E-state index contributed by atoms with van der Waals surface area (Å²) in [6.07, 6.45) is 1.78. The SMILES string of the molecule is COc1cc(/C=C2\SC(=S)N(c3ccc(C)cc3C)C2=O)ccc1OCC(=O)Nc1c(C)cccc1C. The number of para-hydroxylation sites is 1. The van der Waals surface area contributed by atoms with Gasteiger partial charge in [-0.3, -0.25) is 14.5 Å². The van der Waals surface area contributed by atoms with E-state index in [-0.39, 0.29) is 18.4 Å². The Morgan fingerprint density at radius 1 is 1.00 bits per heavy atom. The molecule has 0 radical (unpaired) electrons. The van der Waals surface area contributed by atoms with E-state index in [1.54, 1.807) is 23.1 Å². The molecule has 0 aliphatic carbocycles. The Hall–Kier alpha value is -3.62. The Labute approximate surface area is 226 Å². The van der Waals surface area contributed by atoms with Gasteiger partial charge in [-0.2, -0.15) is 0 Å². The van der Waals surface area contributed by atoms with Gasteiger partial charge in [0.2, 0.25) is 0 Å². The molecule has 1 aliphatic rings. The summed E-state index contributed by atoms with van der Waals surface area (Å²) in [6.45, 7) is 7.70. The van der Waals surface area contributed by atoms with Gasteiger partial charge in [0.25, 0.3) is 11.8 Å². The first-order valence-corrected chi connectivity index (χ1v) is 12.9. The van der Waals surface area contributed by atoms with Crippen LogP contribution in [0.1, 0.15) is 27.8 Å². The smallest absolute Gasteiger partial charge is 0.270 e. The summed E-state index contributed by atoms with van der Waals surface area (Å²) >= 11 is 6.78. The van der Waals surface area contributed by atoms with E-state index in [9.17, 15) is 9.59 Å². The minimum atomic E-state index is -0.265. The minimum absolute atomic E-state index is 0.163. The van der Waals surface area contributed by atoms with Gasteiger partial charge in [-0.05, 0) is 74.2 Å². The normalized spacial score (nSPS) is 14.3. The molecule has 1 heterocycles. The molecule has 2 amide bonds. The van der Waals surface area contributed by atoms with Crippen molar-refractivity contribution in [3.63, 3.8) is 0 Å². The average molecular weight is 533 g/mol. The van der Waals surface area contributed by atoms with E-state index in [1.165, 1.54) is 18.9 Å². The monoisotopic (exact) mass is 532 g/mol. The summed E-state index contributed by atoms with van der Waals surface area (Å²) in [5.74, 6) is 0.459. The second-order valence-corrected chi connectivity index (χ2v) is 10.5. The van der Waals surface area contributed by atoms with E-state index >= 15 is 0 Å². The summed E-state index contributed by atoms with van der Waals surface area (Å²) in [5, 5.41) is 2.91. The number of methoxy groups -OCH3 is 1. The molecule has 1 aliphatic heterocycles. The molecule has 1 saturated heterocycles. The van der Waals surface area contributed by atoms with Crippen LogP contribution in [0.25, 0.3) is 6.08 Å². The molecular weight excluding hydrogens is 504 g/mol. The maximum atomic E-state index is 13.2. The van der Waals surface area contributed by atoms with Crippen LogP contribution in [0.4, 0.5) is 11.4 Å². The Morgan fingerprint density at radius 3 is 2.41 bits per heavy atom. The Bertz CT molecular complexity index is 1410. The van der Waals surface area contributed by atoms with Gasteiger partial charge in [0.15, 0.2) is 22.4 Å². The zero-order chi connectivity index (χ0) is 26.7. The lowest BCUT2D eigenvalue weighted by atomic mass is 10.1. The van der Waals surface area contributed by atoms with Crippen LogP contribution in [-0.2, 0) is 9.59 Å². The van der Waals surface area contributed by atoms with E-state index in [0.29, 0.717) is 20.7 Å². The van der Waals surface area contributed by atoms with Crippen molar-refractivity contribution in [1.82, 2.24) is 0 Å². The number of benzene rings is 3. The summed E-state index contributed by atoms with van der Waals surface area (Å²) < 4.78 is 11.7. The van der Waals surface area contributed by atoms with Crippen LogP contribution in [0.2, 0.25) is 0 Å². The van der Waals surface area contributed by atoms with E-state index in [1.807, 2.05) is 70.2 Å². The maximum absolute atomic E-state index is 13.2. The van der Waals surface area contributed by atoms with Gasteiger partial charge < -0.3 is 14.8 Å². The number of hydrogen-bond acceptors (Lipinski definition) is 6. The molecule has 8 heteroatoms. The first kappa shape index (κ1) is 26.4. The van der Waals surface area contributed by atoms with Crippen LogP contribution in [0, 0.1) is 27.7 Å². The molecule has 1 fully saturated rings. The number of carbonyl (C=O) groups excluding carboxylic acids is 2. The van der Waals surface area contributed by atoms with Crippen molar-refractivity contribution in [2.75, 3.05) is 23.9 Å². The highest BCUT2D eigenvalue weighted by atomic mass is 32.2. The quantitative estimate of drug-likeness (QED) is 0.282. The number of thiocarbonyl (C=S) groups is 1. The third kappa shape index (κ3) is 5.87. The molecule has 37 heavy (non-hydrogen) atoms. The molecule has 6 nitrogen and oxygen atoms in total. The number of rotatable bonds is 7. The minimum Gasteiger partial charge on any atom is -0.493 e. The largest absolute Gasteiger partial charge is 0.493 e. The van der Waals surface area contributed by atoms with Crippen LogP contribution in [0.5, 0.6) is 11.5 Å². The van der Waals surface area contributed by atoms with Gasteiger partial charge in [-0.15, -0.1) is 0 Å². The highest BCUT2D eigenvalue weighted by Gasteiger charge is 2.34. The van der Waals surface area contributed by atoms with Gasteiger partial charge in [0.1, 0.15) is 0 Å². The fourth-order valence-corrected chi connectivity index (χ4v) is 5.39. The first-order chi connectivity index (χ1) is 17.7. The average Bonchev–Trinajstić information content (AvgIpc) is 3.13. The predicted octanol–water partition coefficient (Wildman–Crippen LogP) is 6.35. The van der Waals surface area contributed by atoms with Gasteiger partial charge in [0.05, 0.1) is 17.7 Å². The van der Waals surface area contributed by atoms with E-state index in [2.05, 4.69) is 5.32 Å². The van der Waals surface area contributed by atoms with Crippen molar-refractivity contribution in [2.24, 2.45) is 0 Å². The Kier molecular flexibility index (Phi) is 8.00. The molecule has 3 aromatic rings. The van der Waals surface area contributed by atoms with Crippen molar-refractivity contribution in [1.29, 1.82) is 0 Å². The first-order valence-electron chi connectivity index (χ1n) is 11.7. The highest BCUT2D eigenvalue weighted by Crippen LogP contribution is 2.38. The number of nitrogens with one attached hydrogen (secondary N) is 1. The zero-order valence-electron chi connectivity index (χ0n) is 21.4. The van der Waals surface area contributed by atoms with Crippen LogP contribution in [-0.4, -0.2) is 29.9 Å². The summed E-state index contributed by atoms with van der Waals surface area (Å²) in [5.41, 5.74) is 6.41. The van der Waals surface area contributed by atoms with Crippen molar-refractivity contribution >= 4 is 57.6 Å². The number of amides is 2. The molecule has 0 spiro atoms. The summed E-state index contributed by atoms with van der Waals surface area (Å²) in [6, 6.07) is 17.1. The van der Waals surface area contributed by atoms with Gasteiger partial charge in [0, 0.05) is 5.69 Å². The van der Waals surface area contributed by atoms with Crippen LogP contribution in [0.3, 0.4) is 0 Å². The Morgan fingerprint density at radius 2 is 1.73 bits per heavy atom. The topological polar surface area (TPSA) is 67.9 Å². The van der Waals surface area contributed by atoms with Crippen LogP contribution in [0.15, 0.2) is 59.5 Å². The number of hydrogen-bond donors (Lipinski definition) is 1. The van der Waals surface area contributed by atoms with Crippen molar-refractivity contribution in [2.45, 2.75) is 27.7 Å². The van der Waals surface area contributed by atoms with Gasteiger partial charge >= 0.3 is 0 Å². The third-order valence-corrected chi connectivity index (χ3v) is 7.28. The second kappa shape index (κ2) is 11.2. The fraction of sp³-hybridized carbons (Fsp3) is 0.207. The standard InChI is InChI=1S/C29H28N2O4S2/c1-17-9-11-22(20(4)13-17)31-28(33)25(37-29(31)36)15-21-10-12-23(24(14-21)34-5)35-16-26(32)30-27-18(2)7-6-8-19(27)3/h6-15H,16H2,1-5H3,(H,30,32)/b25-15-. The maximum Gasteiger partial charge on any atom is 0.270 e. The molecule has 0 bridgehead atoms. The number of carbonyl (C=O) groups is 2. The van der Waals surface area contributed by atoms with Crippen molar-refractivity contribution in [3.8, 4) is 11.5 Å². The molecule has 0 saturated carbocycles. The summed E-state index contributed by atoms with van der Waals surface area (Å²) in [4.78, 5) is 27.8. The van der Waals surface area contributed by atoms with E-state index in [4.69, 9.17) is 21.7 Å². The fourth-order valence-electron chi connectivity index (χ4n) is 4.11. The number of anilines is 2. The lowest BCUT2D eigenvalue weighted by Crippen LogP contribution is -2.28. The van der Waals surface area contributed by atoms with Crippen molar-refractivity contribution in [3.05, 3.63) is 87.3 Å². The zero-order valence-corrected chi connectivity index (χ0v) is 23.0. The van der Waals surface area contributed by atoms with E-state index in [0.717, 1.165) is 39.2 Å². The lowest BCUT2D eigenvalue weighted by molar-refractivity contribution is -0.118. The molecular formula is C29H28N2O4S2. The number of thioether (sulfide) groups is 1. The Balaban J connectivity index is 1.48. The molecule has 190 valence electrons. The molecule has 0 unspecified atom stereocenters. The number of ether oxygens (including phenoxy) is 2. The molecule has 0 aromatic heterocycles. The molecule has 4 rings (SSSR count). The second-order valence-electron chi connectivity index (χ2n) is 8.82. The van der Waals surface area contributed by atoms with E-state index < -0.39 is 0 Å². The summed E-state index contributed by atoms with van der Waals surface area (Å²) in [7, 11) is 1.53. The molecule has 0 atom stereocenters.